The molecular weight excluding hydrogens is 817 g/mol. The maximum Gasteiger partial charge on any atom is 0.306 e. The van der Waals surface area contributed by atoms with E-state index in [1.807, 2.05) is 0 Å². The van der Waals surface area contributed by atoms with E-state index in [2.05, 4.69) is 130 Å². The van der Waals surface area contributed by atoms with Crippen molar-refractivity contribution in [2.45, 2.75) is 239 Å². The van der Waals surface area contributed by atoms with Crippen molar-refractivity contribution < 1.29 is 28.6 Å². The van der Waals surface area contributed by atoms with Crippen molar-refractivity contribution in [1.82, 2.24) is 0 Å². The summed E-state index contributed by atoms with van der Waals surface area (Å²) in [6.07, 6.45) is 72.1. The van der Waals surface area contributed by atoms with E-state index in [-0.39, 0.29) is 31.1 Å². The Labute approximate surface area is 406 Å². The number of carbonyl (C=O) groups is 3. The van der Waals surface area contributed by atoms with Crippen molar-refractivity contribution >= 4 is 17.9 Å². The van der Waals surface area contributed by atoms with Crippen molar-refractivity contribution in [2.24, 2.45) is 0 Å². The Morgan fingerprint density at radius 1 is 0.318 bits per heavy atom. The number of rotatable bonds is 47. The van der Waals surface area contributed by atoms with Crippen LogP contribution < -0.4 is 0 Å². The molecule has 0 rings (SSSR count). The number of ether oxygens (including phenoxy) is 3. The molecule has 374 valence electrons. The maximum absolute atomic E-state index is 12.8. The van der Waals surface area contributed by atoms with Crippen molar-refractivity contribution in [1.29, 1.82) is 0 Å². The minimum Gasteiger partial charge on any atom is -0.462 e. The molecule has 0 amide bonds. The van der Waals surface area contributed by atoms with Crippen LogP contribution in [0.3, 0.4) is 0 Å². The monoisotopic (exact) mass is 915 g/mol. The normalized spacial score (nSPS) is 13.0. The standard InChI is InChI=1S/C60H98O6/c1-4-7-10-13-16-19-22-25-28-29-30-31-33-35-38-41-44-47-50-53-59(62)65-56-57(55-64-58(61)52-49-46-43-40-37-34-27-24-21-18-15-12-9-6-3)66-60(63)54-51-48-45-42-39-36-32-26-23-20-17-14-11-8-5-2/h7-8,10-11,16-17,19-20,24-28,30-32,35,38,57H,4-6,9,12-15,18,21-23,29,33-34,36-37,39-56H2,1-3H3/b10-7+,11-8+,19-16+,20-17+,27-24+,28-25+,31-30+,32-26+,38-35+/t57-/m1/s1. The first-order valence-corrected chi connectivity index (χ1v) is 26.9. The maximum atomic E-state index is 12.8. The van der Waals surface area contributed by atoms with Crippen LogP contribution in [-0.4, -0.2) is 37.2 Å². The van der Waals surface area contributed by atoms with Crippen LogP contribution in [0.25, 0.3) is 0 Å². The van der Waals surface area contributed by atoms with Gasteiger partial charge in [-0.2, -0.15) is 0 Å². The van der Waals surface area contributed by atoms with Crippen LogP contribution in [0.15, 0.2) is 109 Å². The highest BCUT2D eigenvalue weighted by Gasteiger charge is 2.19. The molecule has 0 saturated heterocycles. The number of carbonyl (C=O) groups excluding carboxylic acids is 3. The number of unbranched alkanes of at least 4 members (excludes halogenated alkanes) is 18. The van der Waals surface area contributed by atoms with Crippen LogP contribution >= 0.6 is 0 Å². The molecule has 1 atom stereocenters. The third kappa shape index (κ3) is 51.1. The molecule has 0 aromatic heterocycles. The molecule has 0 aliphatic heterocycles. The molecule has 0 aliphatic rings. The Bertz CT molecular complexity index is 1370. The largest absolute Gasteiger partial charge is 0.462 e. The van der Waals surface area contributed by atoms with E-state index in [0.29, 0.717) is 19.3 Å². The van der Waals surface area contributed by atoms with Crippen molar-refractivity contribution in [3.63, 3.8) is 0 Å². The molecule has 0 spiro atoms. The molecule has 0 aromatic carbocycles. The van der Waals surface area contributed by atoms with Gasteiger partial charge in [-0.15, -0.1) is 0 Å². The molecule has 0 radical (unpaired) electrons. The van der Waals surface area contributed by atoms with Gasteiger partial charge in [0, 0.05) is 19.3 Å². The highest BCUT2D eigenvalue weighted by atomic mass is 16.6. The van der Waals surface area contributed by atoms with Crippen molar-refractivity contribution in [2.75, 3.05) is 13.2 Å². The summed E-state index contributed by atoms with van der Waals surface area (Å²) >= 11 is 0. The van der Waals surface area contributed by atoms with Crippen LogP contribution in [0.4, 0.5) is 0 Å². The Hall–Kier alpha value is -3.93. The first-order valence-electron chi connectivity index (χ1n) is 26.9. The summed E-state index contributed by atoms with van der Waals surface area (Å²) in [6, 6.07) is 0. The first kappa shape index (κ1) is 62.1. The van der Waals surface area contributed by atoms with E-state index in [0.717, 1.165) is 148 Å². The minimum absolute atomic E-state index is 0.102. The third-order valence-corrected chi connectivity index (χ3v) is 11.0. The Morgan fingerprint density at radius 2 is 0.591 bits per heavy atom. The average molecular weight is 915 g/mol. The molecule has 0 aliphatic carbocycles. The predicted molar refractivity (Wildman–Crippen MR) is 283 cm³/mol. The topological polar surface area (TPSA) is 78.9 Å². The highest BCUT2D eigenvalue weighted by molar-refractivity contribution is 5.71. The minimum atomic E-state index is -0.806. The van der Waals surface area contributed by atoms with Gasteiger partial charge in [-0.05, 0) is 122 Å². The summed E-state index contributed by atoms with van der Waals surface area (Å²) in [7, 11) is 0. The second-order valence-corrected chi connectivity index (χ2v) is 17.4. The van der Waals surface area contributed by atoms with Gasteiger partial charge in [-0.3, -0.25) is 14.4 Å². The van der Waals surface area contributed by atoms with Gasteiger partial charge in [0.1, 0.15) is 13.2 Å². The van der Waals surface area contributed by atoms with Gasteiger partial charge < -0.3 is 14.2 Å². The van der Waals surface area contributed by atoms with E-state index >= 15 is 0 Å². The summed E-state index contributed by atoms with van der Waals surface area (Å²) in [4.78, 5) is 38.1. The second-order valence-electron chi connectivity index (χ2n) is 17.4. The first-order chi connectivity index (χ1) is 32.5. The van der Waals surface area contributed by atoms with Gasteiger partial charge in [-0.25, -0.2) is 0 Å². The van der Waals surface area contributed by atoms with Gasteiger partial charge in [0.25, 0.3) is 0 Å². The van der Waals surface area contributed by atoms with Crippen LogP contribution in [0.1, 0.15) is 233 Å². The lowest BCUT2D eigenvalue weighted by atomic mass is 10.1. The fraction of sp³-hybridized carbons (Fsp3) is 0.650. The molecule has 0 unspecified atom stereocenters. The van der Waals surface area contributed by atoms with Crippen molar-refractivity contribution in [3.05, 3.63) is 109 Å². The average Bonchev–Trinajstić information content (AvgIpc) is 3.31. The van der Waals surface area contributed by atoms with Crippen LogP contribution in [0.2, 0.25) is 0 Å². The fourth-order valence-corrected chi connectivity index (χ4v) is 7.01. The lowest BCUT2D eigenvalue weighted by Crippen LogP contribution is -2.30. The Balaban J connectivity index is 4.50. The molecule has 0 fully saturated rings. The lowest BCUT2D eigenvalue weighted by Gasteiger charge is -2.18. The van der Waals surface area contributed by atoms with Gasteiger partial charge in [-0.1, -0.05) is 201 Å². The van der Waals surface area contributed by atoms with E-state index < -0.39 is 6.10 Å². The zero-order chi connectivity index (χ0) is 47.9. The quantitative estimate of drug-likeness (QED) is 0.0262. The number of allylic oxidation sites excluding steroid dienone is 18. The number of esters is 3. The number of hydrogen-bond donors (Lipinski definition) is 0. The van der Waals surface area contributed by atoms with Crippen LogP contribution in [0, 0.1) is 0 Å². The SMILES string of the molecule is CC/C=C/C/C=C/C/C=C/C/C=C/C/C=C/CCCCCC(=O)OC[C@@H](COC(=O)CCCCCCC/C=C/CCCCCCC)OC(=O)CCCCCCC/C=C/C/C=C/C/C=C/CC. The van der Waals surface area contributed by atoms with Gasteiger partial charge >= 0.3 is 17.9 Å². The van der Waals surface area contributed by atoms with E-state index in [1.165, 1.54) is 44.9 Å². The zero-order valence-electron chi connectivity index (χ0n) is 42.7. The van der Waals surface area contributed by atoms with Crippen molar-refractivity contribution in [3.8, 4) is 0 Å². The summed E-state index contributed by atoms with van der Waals surface area (Å²) in [5.41, 5.74) is 0. The number of hydrogen-bond acceptors (Lipinski definition) is 6. The fourth-order valence-electron chi connectivity index (χ4n) is 7.01. The van der Waals surface area contributed by atoms with Crippen LogP contribution in [-0.2, 0) is 28.6 Å². The van der Waals surface area contributed by atoms with Gasteiger partial charge in [0.15, 0.2) is 6.10 Å². The van der Waals surface area contributed by atoms with Gasteiger partial charge in [0.2, 0.25) is 0 Å². The Kier molecular flexibility index (Phi) is 50.5. The predicted octanol–water partition coefficient (Wildman–Crippen LogP) is 17.9. The van der Waals surface area contributed by atoms with Gasteiger partial charge in [0.05, 0.1) is 0 Å². The zero-order valence-corrected chi connectivity index (χ0v) is 42.7. The van der Waals surface area contributed by atoms with E-state index in [1.54, 1.807) is 0 Å². The Morgan fingerprint density at radius 3 is 0.955 bits per heavy atom. The summed E-state index contributed by atoms with van der Waals surface area (Å²) < 4.78 is 16.8. The third-order valence-electron chi connectivity index (χ3n) is 11.0. The smallest absolute Gasteiger partial charge is 0.306 e. The van der Waals surface area contributed by atoms with Crippen LogP contribution in [0.5, 0.6) is 0 Å². The molecule has 6 nitrogen and oxygen atoms in total. The molecular formula is C60H98O6. The lowest BCUT2D eigenvalue weighted by molar-refractivity contribution is -0.167. The molecule has 0 bridgehead atoms. The molecule has 6 heteroatoms. The van der Waals surface area contributed by atoms with E-state index in [4.69, 9.17) is 14.2 Å². The molecule has 0 N–H and O–H groups in total. The summed E-state index contributed by atoms with van der Waals surface area (Å²) in [5.74, 6) is -0.964. The summed E-state index contributed by atoms with van der Waals surface area (Å²) in [5, 5.41) is 0. The highest BCUT2D eigenvalue weighted by Crippen LogP contribution is 2.13. The molecule has 0 saturated carbocycles. The summed E-state index contributed by atoms with van der Waals surface area (Å²) in [6.45, 7) is 6.34. The molecule has 66 heavy (non-hydrogen) atoms. The van der Waals surface area contributed by atoms with E-state index in [9.17, 15) is 14.4 Å². The molecule has 0 aromatic rings. The molecule has 0 heterocycles. The second kappa shape index (κ2) is 53.7.